The average Bonchev–Trinajstić information content (AvgIpc) is 3.26. The number of nitrogens with one attached hydrogen (secondary N) is 2. The van der Waals surface area contributed by atoms with Gasteiger partial charge in [0.25, 0.3) is 0 Å². The SMILES string of the molecule is COc1cc(OC)cc(N2CC(O)=C(c3nc4ccc(OC)cc4[nH]3)C2=N)c1. The number of H-pyrrole nitrogens is 1. The summed E-state index contributed by atoms with van der Waals surface area (Å²) in [6.07, 6.45) is 0. The molecule has 0 unspecified atom stereocenters. The Bertz CT molecular complexity index is 1080. The van der Waals surface area contributed by atoms with Crippen LogP contribution in [0.3, 0.4) is 0 Å². The lowest BCUT2D eigenvalue weighted by molar-refractivity contribution is 0.394. The molecule has 0 atom stereocenters. The van der Waals surface area contributed by atoms with Crippen molar-refractivity contribution in [3.8, 4) is 17.2 Å². The average molecular weight is 380 g/mol. The number of aromatic amines is 1. The number of fused-ring (bicyclic) bond motifs is 1. The number of methoxy groups -OCH3 is 3. The Morgan fingerprint density at radius 3 is 2.32 bits per heavy atom. The van der Waals surface area contributed by atoms with Gasteiger partial charge in [-0.2, -0.15) is 0 Å². The Hall–Kier alpha value is -3.68. The van der Waals surface area contributed by atoms with Gasteiger partial charge < -0.3 is 29.2 Å². The van der Waals surface area contributed by atoms with Crippen LogP contribution in [-0.4, -0.2) is 48.8 Å². The van der Waals surface area contributed by atoms with Crippen molar-refractivity contribution in [1.29, 1.82) is 5.41 Å². The van der Waals surface area contributed by atoms with Crippen LogP contribution in [0.15, 0.2) is 42.2 Å². The molecule has 8 heteroatoms. The molecule has 0 amide bonds. The van der Waals surface area contributed by atoms with Gasteiger partial charge in [-0.25, -0.2) is 4.98 Å². The number of aromatic nitrogens is 2. The Morgan fingerprint density at radius 2 is 1.68 bits per heavy atom. The van der Waals surface area contributed by atoms with Crippen molar-refractivity contribution >= 4 is 28.1 Å². The maximum Gasteiger partial charge on any atom is 0.145 e. The molecule has 0 spiro atoms. The molecule has 1 aliphatic rings. The third-order valence-corrected chi connectivity index (χ3v) is 4.68. The first-order valence-electron chi connectivity index (χ1n) is 8.60. The third kappa shape index (κ3) is 2.88. The third-order valence-electron chi connectivity index (χ3n) is 4.68. The summed E-state index contributed by atoms with van der Waals surface area (Å²) >= 11 is 0. The predicted molar refractivity (Wildman–Crippen MR) is 107 cm³/mol. The Labute approximate surface area is 161 Å². The molecule has 144 valence electrons. The van der Waals surface area contributed by atoms with Gasteiger partial charge >= 0.3 is 0 Å². The maximum atomic E-state index is 10.6. The molecule has 2 aromatic carbocycles. The highest BCUT2D eigenvalue weighted by atomic mass is 16.5. The summed E-state index contributed by atoms with van der Waals surface area (Å²) in [5.74, 6) is 2.55. The number of benzene rings is 2. The van der Waals surface area contributed by atoms with E-state index in [1.165, 1.54) is 0 Å². The van der Waals surface area contributed by atoms with Gasteiger partial charge in [0.2, 0.25) is 0 Å². The largest absolute Gasteiger partial charge is 0.509 e. The van der Waals surface area contributed by atoms with Gasteiger partial charge in [-0.3, -0.25) is 5.41 Å². The second kappa shape index (κ2) is 6.80. The summed E-state index contributed by atoms with van der Waals surface area (Å²) in [6.45, 7) is 0.158. The van der Waals surface area contributed by atoms with E-state index in [0.717, 1.165) is 11.0 Å². The Balaban J connectivity index is 1.71. The number of amidine groups is 1. The second-order valence-electron chi connectivity index (χ2n) is 6.30. The summed E-state index contributed by atoms with van der Waals surface area (Å²) in [6, 6.07) is 10.8. The summed E-state index contributed by atoms with van der Waals surface area (Å²) in [5.41, 5.74) is 2.53. The number of ether oxygens (including phenoxy) is 3. The van der Waals surface area contributed by atoms with Crippen LogP contribution < -0.4 is 19.1 Å². The molecule has 0 saturated heterocycles. The monoisotopic (exact) mass is 380 g/mol. The van der Waals surface area contributed by atoms with Gasteiger partial charge in [-0.15, -0.1) is 0 Å². The Morgan fingerprint density at radius 1 is 1.00 bits per heavy atom. The van der Waals surface area contributed by atoms with Gasteiger partial charge in [0.15, 0.2) is 0 Å². The fraction of sp³-hybridized carbons (Fsp3) is 0.200. The van der Waals surface area contributed by atoms with Gasteiger partial charge in [0.05, 0.1) is 50.2 Å². The minimum Gasteiger partial charge on any atom is -0.509 e. The lowest BCUT2D eigenvalue weighted by Gasteiger charge is -2.20. The quantitative estimate of drug-likeness (QED) is 0.627. The van der Waals surface area contributed by atoms with Gasteiger partial charge in [-0.05, 0) is 12.1 Å². The number of imidazole rings is 1. The maximum absolute atomic E-state index is 10.6. The zero-order valence-electron chi connectivity index (χ0n) is 15.7. The van der Waals surface area contributed by atoms with Crippen molar-refractivity contribution < 1.29 is 19.3 Å². The molecule has 8 nitrogen and oxygen atoms in total. The molecule has 0 saturated carbocycles. The number of hydrogen-bond acceptors (Lipinski definition) is 6. The van der Waals surface area contributed by atoms with Crippen LogP contribution in [0, 0.1) is 5.41 Å². The smallest absolute Gasteiger partial charge is 0.145 e. The van der Waals surface area contributed by atoms with E-state index in [1.807, 2.05) is 18.2 Å². The normalized spacial score (nSPS) is 14.1. The number of aliphatic hydroxyl groups is 1. The van der Waals surface area contributed by atoms with Crippen molar-refractivity contribution in [2.24, 2.45) is 0 Å². The van der Waals surface area contributed by atoms with Gasteiger partial charge in [0, 0.05) is 24.3 Å². The van der Waals surface area contributed by atoms with Crippen molar-refractivity contribution in [3.05, 3.63) is 48.0 Å². The molecule has 0 fully saturated rings. The van der Waals surface area contributed by atoms with Crippen molar-refractivity contribution in [2.45, 2.75) is 0 Å². The number of hydrogen-bond donors (Lipinski definition) is 3. The molecule has 3 N–H and O–H groups in total. The van der Waals surface area contributed by atoms with E-state index in [9.17, 15) is 5.11 Å². The molecule has 1 aromatic heterocycles. The van der Waals surface area contributed by atoms with Crippen LogP contribution in [0.2, 0.25) is 0 Å². The lowest BCUT2D eigenvalue weighted by atomic mass is 10.2. The fourth-order valence-electron chi connectivity index (χ4n) is 3.23. The molecule has 28 heavy (non-hydrogen) atoms. The molecular weight excluding hydrogens is 360 g/mol. The molecule has 0 aliphatic carbocycles. The minimum atomic E-state index is 0.0674. The highest BCUT2D eigenvalue weighted by Crippen LogP contribution is 2.35. The highest BCUT2D eigenvalue weighted by Gasteiger charge is 2.31. The molecule has 3 aromatic rings. The highest BCUT2D eigenvalue weighted by molar-refractivity contribution is 6.30. The summed E-state index contributed by atoms with van der Waals surface area (Å²) in [5, 5.41) is 19.2. The van der Waals surface area contributed by atoms with Crippen molar-refractivity contribution in [3.63, 3.8) is 0 Å². The summed E-state index contributed by atoms with van der Waals surface area (Å²) in [4.78, 5) is 9.36. The van der Waals surface area contributed by atoms with E-state index in [1.54, 1.807) is 44.4 Å². The zero-order valence-corrected chi connectivity index (χ0v) is 15.7. The molecule has 2 heterocycles. The van der Waals surface area contributed by atoms with Crippen molar-refractivity contribution in [1.82, 2.24) is 9.97 Å². The van der Waals surface area contributed by atoms with Gasteiger partial charge in [0.1, 0.15) is 34.7 Å². The number of anilines is 1. The second-order valence-corrected chi connectivity index (χ2v) is 6.30. The first-order chi connectivity index (χ1) is 13.5. The first kappa shape index (κ1) is 17.7. The van der Waals surface area contributed by atoms with E-state index < -0.39 is 0 Å². The van der Waals surface area contributed by atoms with E-state index in [-0.39, 0.29) is 18.1 Å². The lowest BCUT2D eigenvalue weighted by Crippen LogP contribution is -2.26. The van der Waals surface area contributed by atoms with Crippen LogP contribution in [0.5, 0.6) is 17.2 Å². The van der Waals surface area contributed by atoms with Crippen LogP contribution in [0.1, 0.15) is 5.82 Å². The number of aliphatic hydroxyl groups excluding tert-OH is 1. The molecule has 0 radical (unpaired) electrons. The van der Waals surface area contributed by atoms with Crippen LogP contribution >= 0.6 is 0 Å². The van der Waals surface area contributed by atoms with Crippen LogP contribution in [-0.2, 0) is 0 Å². The fourth-order valence-corrected chi connectivity index (χ4v) is 3.23. The van der Waals surface area contributed by atoms with E-state index >= 15 is 0 Å². The topological polar surface area (TPSA) is 104 Å². The molecule has 4 rings (SSSR count). The summed E-state index contributed by atoms with van der Waals surface area (Å²) in [7, 11) is 4.73. The molecular formula is C20H20N4O4. The van der Waals surface area contributed by atoms with Crippen LogP contribution in [0.4, 0.5) is 5.69 Å². The summed E-state index contributed by atoms with van der Waals surface area (Å²) < 4.78 is 15.9. The van der Waals surface area contributed by atoms with E-state index in [2.05, 4.69) is 9.97 Å². The zero-order chi connectivity index (χ0) is 19.8. The molecule has 1 aliphatic heterocycles. The number of rotatable bonds is 5. The predicted octanol–water partition coefficient (Wildman–Crippen LogP) is 3.36. The van der Waals surface area contributed by atoms with Crippen LogP contribution in [0.25, 0.3) is 16.6 Å². The molecule has 0 bridgehead atoms. The standard InChI is InChI=1S/C20H20N4O4/c1-26-12-4-5-15-16(9-12)23-20(22-15)18-17(25)10-24(19(18)21)11-6-13(27-2)8-14(7-11)28-3/h4-9,21,25H,10H2,1-3H3,(H,22,23). The van der Waals surface area contributed by atoms with Crippen molar-refractivity contribution in [2.75, 3.05) is 32.8 Å². The Kier molecular flexibility index (Phi) is 4.31. The van der Waals surface area contributed by atoms with E-state index in [0.29, 0.717) is 34.3 Å². The number of nitrogens with zero attached hydrogens (tertiary/aromatic N) is 2. The minimum absolute atomic E-state index is 0.0674. The van der Waals surface area contributed by atoms with Gasteiger partial charge in [-0.1, -0.05) is 0 Å². The first-order valence-corrected chi connectivity index (χ1v) is 8.60. The van der Waals surface area contributed by atoms with E-state index in [4.69, 9.17) is 19.6 Å².